The van der Waals surface area contributed by atoms with Crippen molar-refractivity contribution < 1.29 is 14.3 Å². The number of carbonyl (C=O) groups excluding carboxylic acids is 1. The zero-order chi connectivity index (χ0) is 20.0. The lowest BCUT2D eigenvalue weighted by atomic mass is 9.83. The molecule has 1 amide bonds. The van der Waals surface area contributed by atoms with E-state index in [9.17, 15) is 4.79 Å². The van der Waals surface area contributed by atoms with Gasteiger partial charge in [-0.2, -0.15) is 0 Å². The van der Waals surface area contributed by atoms with E-state index < -0.39 is 5.41 Å². The molecule has 1 aliphatic rings. The minimum absolute atomic E-state index is 0.0280. The quantitative estimate of drug-likeness (QED) is 0.778. The van der Waals surface area contributed by atoms with Gasteiger partial charge >= 0.3 is 0 Å². The Labute approximate surface area is 168 Å². The predicted molar refractivity (Wildman–Crippen MR) is 111 cm³/mol. The van der Waals surface area contributed by atoms with E-state index in [-0.39, 0.29) is 12.0 Å². The fourth-order valence-corrected chi connectivity index (χ4v) is 3.39. The molecular weight excluding hydrogens is 350 g/mol. The lowest BCUT2D eigenvalue weighted by molar-refractivity contribution is -0.125. The Morgan fingerprint density at radius 1 is 1.11 bits per heavy atom. The van der Waals surface area contributed by atoms with Crippen molar-refractivity contribution in [1.29, 1.82) is 0 Å². The molecule has 28 heavy (non-hydrogen) atoms. The summed E-state index contributed by atoms with van der Waals surface area (Å²) in [6.07, 6.45) is 2.21. The number of hydrogen-bond donors (Lipinski definition) is 1. The minimum atomic E-state index is -0.572. The van der Waals surface area contributed by atoms with Gasteiger partial charge in [0.2, 0.25) is 5.91 Å². The standard InChI is InChI=1S/C24H31NO3/c1-18-7-9-21(10-8-18)24(2,3)23(26)25-16-19-5-4-6-20(15-19)17-28-22-11-13-27-14-12-22/h4-10,15,22H,11-14,16-17H2,1-3H3,(H,25,26). The van der Waals surface area contributed by atoms with Gasteiger partial charge < -0.3 is 14.8 Å². The van der Waals surface area contributed by atoms with Crippen LogP contribution in [0.5, 0.6) is 0 Å². The maximum atomic E-state index is 12.8. The van der Waals surface area contributed by atoms with Crippen molar-refractivity contribution in [1.82, 2.24) is 5.32 Å². The van der Waals surface area contributed by atoms with E-state index in [1.54, 1.807) is 0 Å². The van der Waals surface area contributed by atoms with Crippen LogP contribution in [0, 0.1) is 6.92 Å². The second kappa shape index (κ2) is 9.35. The van der Waals surface area contributed by atoms with Gasteiger partial charge in [0.05, 0.1) is 18.1 Å². The molecule has 1 N–H and O–H groups in total. The van der Waals surface area contributed by atoms with Crippen LogP contribution in [-0.4, -0.2) is 25.2 Å². The third kappa shape index (κ3) is 5.43. The normalized spacial score (nSPS) is 15.4. The summed E-state index contributed by atoms with van der Waals surface area (Å²) in [6.45, 7) is 8.66. The Bertz CT molecular complexity index is 777. The first-order valence-electron chi connectivity index (χ1n) is 10.1. The number of hydrogen-bond acceptors (Lipinski definition) is 3. The summed E-state index contributed by atoms with van der Waals surface area (Å²) in [6, 6.07) is 16.4. The van der Waals surface area contributed by atoms with Crippen LogP contribution < -0.4 is 5.32 Å². The molecule has 1 saturated heterocycles. The van der Waals surface area contributed by atoms with E-state index in [2.05, 4.69) is 24.4 Å². The number of nitrogens with one attached hydrogen (secondary N) is 1. The highest BCUT2D eigenvalue weighted by Gasteiger charge is 2.29. The van der Waals surface area contributed by atoms with Gasteiger partial charge in [-0.25, -0.2) is 0 Å². The smallest absolute Gasteiger partial charge is 0.230 e. The van der Waals surface area contributed by atoms with Crippen LogP contribution in [0.2, 0.25) is 0 Å². The highest BCUT2D eigenvalue weighted by Crippen LogP contribution is 2.24. The lowest BCUT2D eigenvalue weighted by Crippen LogP contribution is -2.39. The SMILES string of the molecule is Cc1ccc(C(C)(C)C(=O)NCc2cccc(COC3CCOCC3)c2)cc1. The van der Waals surface area contributed by atoms with Gasteiger partial charge in [-0.05, 0) is 50.3 Å². The molecule has 0 spiro atoms. The molecule has 1 fully saturated rings. The molecule has 0 radical (unpaired) electrons. The molecule has 2 aromatic rings. The second-order valence-corrected chi connectivity index (χ2v) is 8.12. The van der Waals surface area contributed by atoms with Crippen molar-refractivity contribution in [2.45, 2.75) is 58.3 Å². The monoisotopic (exact) mass is 381 g/mol. The molecule has 0 saturated carbocycles. The topological polar surface area (TPSA) is 47.6 Å². The Hall–Kier alpha value is -2.17. The fourth-order valence-electron chi connectivity index (χ4n) is 3.39. The van der Waals surface area contributed by atoms with E-state index in [0.29, 0.717) is 13.2 Å². The molecule has 3 rings (SSSR count). The van der Waals surface area contributed by atoms with Crippen LogP contribution in [-0.2, 0) is 32.8 Å². The summed E-state index contributed by atoms with van der Waals surface area (Å²) in [5, 5.41) is 3.09. The van der Waals surface area contributed by atoms with Crippen molar-refractivity contribution in [3.63, 3.8) is 0 Å². The summed E-state index contributed by atoms with van der Waals surface area (Å²) >= 11 is 0. The van der Waals surface area contributed by atoms with E-state index >= 15 is 0 Å². The van der Waals surface area contributed by atoms with E-state index in [1.807, 2.05) is 50.2 Å². The summed E-state index contributed by atoms with van der Waals surface area (Å²) in [4.78, 5) is 12.8. The van der Waals surface area contributed by atoms with Crippen molar-refractivity contribution in [3.05, 3.63) is 70.8 Å². The largest absolute Gasteiger partial charge is 0.381 e. The van der Waals surface area contributed by atoms with E-state index in [0.717, 1.165) is 42.7 Å². The molecule has 0 bridgehead atoms. The van der Waals surface area contributed by atoms with Crippen molar-refractivity contribution in [3.8, 4) is 0 Å². The maximum absolute atomic E-state index is 12.8. The van der Waals surface area contributed by atoms with Gasteiger partial charge in [0.1, 0.15) is 0 Å². The zero-order valence-corrected chi connectivity index (χ0v) is 17.2. The zero-order valence-electron chi connectivity index (χ0n) is 17.2. The molecule has 4 heteroatoms. The predicted octanol–water partition coefficient (Wildman–Crippen LogP) is 4.28. The molecule has 0 aromatic heterocycles. The first-order valence-corrected chi connectivity index (χ1v) is 10.1. The number of benzene rings is 2. The Morgan fingerprint density at radius 2 is 1.79 bits per heavy atom. The number of carbonyl (C=O) groups is 1. The Balaban J connectivity index is 1.54. The summed E-state index contributed by atoms with van der Waals surface area (Å²) in [5.41, 5.74) is 3.86. The van der Waals surface area contributed by atoms with Crippen molar-refractivity contribution >= 4 is 5.91 Å². The highest BCUT2D eigenvalue weighted by molar-refractivity contribution is 5.87. The third-order valence-corrected chi connectivity index (χ3v) is 5.44. The average molecular weight is 382 g/mol. The van der Waals surface area contributed by atoms with Crippen LogP contribution in [0.25, 0.3) is 0 Å². The van der Waals surface area contributed by atoms with E-state index in [4.69, 9.17) is 9.47 Å². The maximum Gasteiger partial charge on any atom is 0.230 e. The number of ether oxygens (including phenoxy) is 2. The van der Waals surface area contributed by atoms with E-state index in [1.165, 1.54) is 5.56 Å². The third-order valence-electron chi connectivity index (χ3n) is 5.44. The second-order valence-electron chi connectivity index (χ2n) is 8.12. The van der Waals surface area contributed by atoms with Crippen LogP contribution in [0.4, 0.5) is 0 Å². The summed E-state index contributed by atoms with van der Waals surface area (Å²) in [7, 11) is 0. The lowest BCUT2D eigenvalue weighted by Gasteiger charge is -2.24. The van der Waals surface area contributed by atoms with Crippen LogP contribution in [0.1, 0.15) is 48.9 Å². The fraction of sp³-hybridized carbons (Fsp3) is 0.458. The molecule has 1 aliphatic heterocycles. The van der Waals surface area contributed by atoms with Gasteiger partial charge in [0.25, 0.3) is 0 Å². The molecule has 2 aromatic carbocycles. The molecule has 150 valence electrons. The van der Waals surface area contributed by atoms with Gasteiger partial charge in [0, 0.05) is 19.8 Å². The number of aryl methyl sites for hydroxylation is 1. The first kappa shape index (κ1) is 20.6. The summed E-state index contributed by atoms with van der Waals surface area (Å²) < 4.78 is 11.4. The van der Waals surface area contributed by atoms with Crippen molar-refractivity contribution in [2.75, 3.05) is 13.2 Å². The molecule has 0 atom stereocenters. The summed E-state index contributed by atoms with van der Waals surface area (Å²) in [5.74, 6) is 0.0280. The number of amides is 1. The molecule has 0 aliphatic carbocycles. The average Bonchev–Trinajstić information content (AvgIpc) is 2.72. The molecule has 4 nitrogen and oxygen atoms in total. The van der Waals surface area contributed by atoms with Gasteiger partial charge in [0.15, 0.2) is 0 Å². The minimum Gasteiger partial charge on any atom is -0.381 e. The van der Waals surface area contributed by atoms with Crippen LogP contribution in [0.15, 0.2) is 48.5 Å². The molecular formula is C24H31NO3. The van der Waals surface area contributed by atoms with Crippen LogP contribution >= 0.6 is 0 Å². The van der Waals surface area contributed by atoms with Gasteiger partial charge in [-0.3, -0.25) is 4.79 Å². The van der Waals surface area contributed by atoms with Crippen molar-refractivity contribution in [2.24, 2.45) is 0 Å². The number of rotatable bonds is 7. The first-order chi connectivity index (χ1) is 13.4. The molecule has 1 heterocycles. The highest BCUT2D eigenvalue weighted by atomic mass is 16.5. The van der Waals surface area contributed by atoms with Gasteiger partial charge in [-0.1, -0.05) is 54.1 Å². The van der Waals surface area contributed by atoms with Gasteiger partial charge in [-0.15, -0.1) is 0 Å². The van der Waals surface area contributed by atoms with Crippen LogP contribution in [0.3, 0.4) is 0 Å². The molecule has 0 unspecified atom stereocenters. The Morgan fingerprint density at radius 3 is 2.50 bits per heavy atom. The Kier molecular flexibility index (Phi) is 6.87.